The molecule has 4 aromatic rings. The Morgan fingerprint density at radius 1 is 0.966 bits per heavy atom. The van der Waals surface area contributed by atoms with Crippen molar-refractivity contribution < 1.29 is 4.79 Å². The zero-order valence-corrected chi connectivity index (χ0v) is 15.5. The molecule has 0 fully saturated rings. The van der Waals surface area contributed by atoms with Gasteiger partial charge in [-0.2, -0.15) is 0 Å². The number of nitrogens with one attached hydrogen (secondary N) is 2. The van der Waals surface area contributed by atoms with Crippen LogP contribution >= 0.6 is 0 Å². The van der Waals surface area contributed by atoms with Gasteiger partial charge in [0.05, 0.1) is 23.0 Å². The highest BCUT2D eigenvalue weighted by molar-refractivity contribution is 5.79. The van der Waals surface area contributed by atoms with Crippen molar-refractivity contribution in [2.24, 2.45) is 0 Å². The normalized spacial score (nSPS) is 10.8. The minimum absolute atomic E-state index is 0.123. The summed E-state index contributed by atoms with van der Waals surface area (Å²) in [5.41, 5.74) is 1.76. The zero-order valence-electron chi connectivity index (χ0n) is 15.5. The molecule has 1 amide bonds. The van der Waals surface area contributed by atoms with Crippen molar-refractivity contribution in [1.29, 1.82) is 0 Å². The molecule has 0 unspecified atom stereocenters. The molecule has 2 aromatic carbocycles. The average Bonchev–Trinajstić information content (AvgIpc) is 2.74. The third kappa shape index (κ3) is 3.98. The summed E-state index contributed by atoms with van der Waals surface area (Å²) in [5, 5.41) is 3.28. The summed E-state index contributed by atoms with van der Waals surface area (Å²) in [6.45, 7) is 0.409. The molecule has 2 aromatic heterocycles. The van der Waals surface area contributed by atoms with E-state index in [4.69, 9.17) is 0 Å². The number of fused-ring (bicyclic) bond motifs is 1. The summed E-state index contributed by atoms with van der Waals surface area (Å²) >= 11 is 0. The van der Waals surface area contributed by atoms with Crippen LogP contribution < -0.4 is 16.6 Å². The number of aromatic nitrogens is 3. The van der Waals surface area contributed by atoms with Crippen molar-refractivity contribution in [3.63, 3.8) is 0 Å². The molecule has 0 saturated carbocycles. The van der Waals surface area contributed by atoms with Crippen molar-refractivity contribution >= 4 is 16.8 Å². The van der Waals surface area contributed by atoms with E-state index in [1.165, 1.54) is 0 Å². The van der Waals surface area contributed by atoms with E-state index in [9.17, 15) is 14.4 Å². The summed E-state index contributed by atoms with van der Waals surface area (Å²) in [4.78, 5) is 44.0. The number of nitrogens with zero attached hydrogens (tertiary/aromatic N) is 2. The Morgan fingerprint density at radius 3 is 2.52 bits per heavy atom. The van der Waals surface area contributed by atoms with Crippen LogP contribution in [-0.4, -0.2) is 20.4 Å². The molecule has 2 heterocycles. The first-order valence-electron chi connectivity index (χ1n) is 9.11. The van der Waals surface area contributed by atoms with Crippen LogP contribution in [0.5, 0.6) is 0 Å². The van der Waals surface area contributed by atoms with Gasteiger partial charge in [-0.05, 0) is 41.5 Å². The monoisotopic (exact) mass is 386 g/mol. The molecular formula is C22H18N4O3. The van der Waals surface area contributed by atoms with Gasteiger partial charge in [0.15, 0.2) is 0 Å². The number of aromatic amines is 1. The van der Waals surface area contributed by atoms with E-state index in [2.05, 4.69) is 15.3 Å². The Bertz CT molecular complexity index is 1280. The highest BCUT2D eigenvalue weighted by atomic mass is 16.2. The fourth-order valence-corrected chi connectivity index (χ4v) is 3.11. The number of amides is 1. The van der Waals surface area contributed by atoms with E-state index in [0.717, 1.165) is 15.7 Å². The van der Waals surface area contributed by atoms with Gasteiger partial charge < -0.3 is 10.3 Å². The lowest BCUT2D eigenvalue weighted by atomic mass is 10.1. The van der Waals surface area contributed by atoms with Crippen molar-refractivity contribution in [3.8, 4) is 5.69 Å². The predicted molar refractivity (Wildman–Crippen MR) is 110 cm³/mol. The first kappa shape index (κ1) is 18.4. The van der Waals surface area contributed by atoms with Crippen LogP contribution in [0.25, 0.3) is 16.6 Å². The SMILES string of the molecule is O=C(Cc1ccc(-n2c(=O)[nH]c3ccccc3c2=O)cc1)NCc1cccnc1. The van der Waals surface area contributed by atoms with Gasteiger partial charge in [0.25, 0.3) is 5.56 Å². The molecule has 0 aliphatic heterocycles. The van der Waals surface area contributed by atoms with Crippen LogP contribution in [0.4, 0.5) is 0 Å². The average molecular weight is 386 g/mol. The van der Waals surface area contributed by atoms with Crippen molar-refractivity contribution in [1.82, 2.24) is 19.9 Å². The van der Waals surface area contributed by atoms with Crippen molar-refractivity contribution in [2.75, 3.05) is 0 Å². The second kappa shape index (κ2) is 7.93. The molecule has 0 radical (unpaired) electrons. The maximum Gasteiger partial charge on any atom is 0.333 e. The van der Waals surface area contributed by atoms with Crippen molar-refractivity contribution in [2.45, 2.75) is 13.0 Å². The molecule has 7 heteroatoms. The summed E-state index contributed by atoms with van der Waals surface area (Å²) in [7, 11) is 0. The quantitative estimate of drug-likeness (QED) is 0.548. The van der Waals surface area contributed by atoms with Gasteiger partial charge in [-0.1, -0.05) is 30.3 Å². The second-order valence-corrected chi connectivity index (χ2v) is 6.60. The maximum absolute atomic E-state index is 12.7. The van der Waals surface area contributed by atoms with Gasteiger partial charge in [0, 0.05) is 18.9 Å². The highest BCUT2D eigenvalue weighted by Crippen LogP contribution is 2.09. The van der Waals surface area contributed by atoms with Gasteiger partial charge in [0.2, 0.25) is 5.91 Å². The molecule has 2 N–H and O–H groups in total. The van der Waals surface area contributed by atoms with E-state index < -0.39 is 5.69 Å². The van der Waals surface area contributed by atoms with Gasteiger partial charge in [-0.25, -0.2) is 9.36 Å². The van der Waals surface area contributed by atoms with Gasteiger partial charge in [-0.15, -0.1) is 0 Å². The molecule has 144 valence electrons. The summed E-state index contributed by atoms with van der Waals surface area (Å²) < 4.78 is 1.09. The Labute approximate surface area is 165 Å². The number of para-hydroxylation sites is 1. The smallest absolute Gasteiger partial charge is 0.333 e. The summed E-state index contributed by atoms with van der Waals surface area (Å²) in [6, 6.07) is 17.4. The van der Waals surface area contributed by atoms with Crippen LogP contribution in [0, 0.1) is 0 Å². The molecule has 4 rings (SSSR count). The molecule has 0 aliphatic rings. The Hall–Kier alpha value is -4.00. The maximum atomic E-state index is 12.7. The molecule has 0 aliphatic carbocycles. The van der Waals surface area contributed by atoms with E-state index >= 15 is 0 Å². The largest absolute Gasteiger partial charge is 0.352 e. The summed E-state index contributed by atoms with van der Waals surface area (Å²) in [6.07, 6.45) is 3.58. The van der Waals surface area contributed by atoms with E-state index in [1.807, 2.05) is 12.1 Å². The van der Waals surface area contributed by atoms with Gasteiger partial charge >= 0.3 is 5.69 Å². The molecule has 0 bridgehead atoms. The second-order valence-electron chi connectivity index (χ2n) is 6.60. The van der Waals surface area contributed by atoms with Crippen LogP contribution in [-0.2, 0) is 17.8 Å². The number of carbonyl (C=O) groups is 1. The van der Waals surface area contributed by atoms with Crippen LogP contribution in [0.1, 0.15) is 11.1 Å². The minimum Gasteiger partial charge on any atom is -0.352 e. The fraction of sp³-hybridized carbons (Fsp3) is 0.0909. The Morgan fingerprint density at radius 2 is 1.76 bits per heavy atom. The number of pyridine rings is 1. The third-order valence-electron chi connectivity index (χ3n) is 4.58. The number of rotatable bonds is 5. The van der Waals surface area contributed by atoms with Gasteiger partial charge in [-0.3, -0.25) is 14.6 Å². The molecule has 0 atom stereocenters. The van der Waals surface area contributed by atoms with Gasteiger partial charge in [0.1, 0.15) is 0 Å². The molecular weight excluding hydrogens is 368 g/mol. The third-order valence-corrected chi connectivity index (χ3v) is 4.58. The predicted octanol–water partition coefficient (Wildman–Crippen LogP) is 1.93. The first-order chi connectivity index (χ1) is 14.1. The minimum atomic E-state index is -0.504. The molecule has 0 saturated heterocycles. The lowest BCUT2D eigenvalue weighted by Gasteiger charge is -2.08. The molecule has 7 nitrogen and oxygen atoms in total. The Balaban J connectivity index is 1.51. The number of carbonyl (C=O) groups excluding carboxylic acids is 1. The standard InChI is InChI=1S/C22H18N4O3/c27-20(24-14-16-4-3-11-23-13-16)12-15-7-9-17(10-8-15)26-21(28)18-5-1-2-6-19(18)25-22(26)29/h1-11,13H,12,14H2,(H,24,27)(H,25,29). The fourth-order valence-electron chi connectivity index (χ4n) is 3.11. The Kier molecular flexibility index (Phi) is 5.03. The first-order valence-corrected chi connectivity index (χ1v) is 9.11. The van der Waals surface area contributed by atoms with E-state index in [0.29, 0.717) is 23.1 Å². The summed E-state index contributed by atoms with van der Waals surface area (Å²) in [5.74, 6) is -0.123. The highest BCUT2D eigenvalue weighted by Gasteiger charge is 2.10. The number of benzene rings is 2. The van der Waals surface area contributed by atoms with E-state index in [1.54, 1.807) is 60.9 Å². The number of hydrogen-bond donors (Lipinski definition) is 2. The lowest BCUT2D eigenvalue weighted by Crippen LogP contribution is -2.33. The van der Waals surface area contributed by atoms with Crippen LogP contribution in [0.3, 0.4) is 0 Å². The van der Waals surface area contributed by atoms with E-state index in [-0.39, 0.29) is 17.9 Å². The van der Waals surface area contributed by atoms with Crippen molar-refractivity contribution in [3.05, 3.63) is 105 Å². The van der Waals surface area contributed by atoms with Crippen LogP contribution in [0.2, 0.25) is 0 Å². The topological polar surface area (TPSA) is 96.9 Å². The molecule has 0 spiro atoms. The lowest BCUT2D eigenvalue weighted by molar-refractivity contribution is -0.120. The number of H-pyrrole nitrogens is 1. The molecule has 29 heavy (non-hydrogen) atoms. The zero-order chi connectivity index (χ0) is 20.2. The number of hydrogen-bond acceptors (Lipinski definition) is 4. The van der Waals surface area contributed by atoms with Crippen LogP contribution in [0.15, 0.2) is 82.6 Å².